The first-order valence-corrected chi connectivity index (χ1v) is 4.07. The topological polar surface area (TPSA) is 49.3 Å². The van der Waals surface area contributed by atoms with E-state index in [1.807, 2.05) is 0 Å². The SMILES string of the molecule is O=C(NCCCCO)C(F)(F)C(F)(F)F. The van der Waals surface area contributed by atoms with Gasteiger partial charge >= 0.3 is 12.1 Å². The fourth-order valence-electron chi connectivity index (χ4n) is 0.678. The first kappa shape index (κ1) is 14.1. The first-order valence-electron chi connectivity index (χ1n) is 4.07. The van der Waals surface area contributed by atoms with Crippen molar-refractivity contribution in [3.05, 3.63) is 0 Å². The summed E-state index contributed by atoms with van der Waals surface area (Å²) in [4.78, 5) is 10.4. The number of hydrogen-bond acceptors (Lipinski definition) is 2. The summed E-state index contributed by atoms with van der Waals surface area (Å²) >= 11 is 0. The second-order valence-corrected chi connectivity index (χ2v) is 2.76. The summed E-state index contributed by atoms with van der Waals surface area (Å²) in [5.41, 5.74) is 0. The van der Waals surface area contributed by atoms with Crippen LogP contribution in [0.5, 0.6) is 0 Å². The van der Waals surface area contributed by atoms with Gasteiger partial charge in [0.2, 0.25) is 0 Å². The van der Waals surface area contributed by atoms with Gasteiger partial charge in [0.05, 0.1) is 0 Å². The van der Waals surface area contributed by atoms with Crippen LogP contribution in [-0.4, -0.2) is 36.3 Å². The molecule has 0 aromatic rings. The van der Waals surface area contributed by atoms with Crippen LogP contribution in [0.4, 0.5) is 22.0 Å². The summed E-state index contributed by atoms with van der Waals surface area (Å²) in [6.45, 7) is -0.545. The highest BCUT2D eigenvalue weighted by Crippen LogP contribution is 2.35. The van der Waals surface area contributed by atoms with E-state index >= 15 is 0 Å². The highest BCUT2D eigenvalue weighted by molar-refractivity contribution is 5.84. The van der Waals surface area contributed by atoms with Gasteiger partial charge in [-0.25, -0.2) is 0 Å². The van der Waals surface area contributed by atoms with E-state index in [-0.39, 0.29) is 26.0 Å². The second kappa shape index (κ2) is 5.24. The Morgan fingerprint density at radius 3 is 2.07 bits per heavy atom. The fraction of sp³-hybridized carbons (Fsp3) is 0.857. The standard InChI is InChI=1S/C7H10F5NO2/c8-6(9,7(10,11)12)5(15)13-3-1-2-4-14/h14H,1-4H2,(H,13,15). The lowest BCUT2D eigenvalue weighted by atomic mass is 10.3. The van der Waals surface area contributed by atoms with Crippen LogP contribution in [0, 0.1) is 0 Å². The number of aliphatic hydroxyl groups is 1. The smallest absolute Gasteiger partial charge is 0.396 e. The van der Waals surface area contributed by atoms with E-state index in [0.29, 0.717) is 0 Å². The predicted octanol–water partition coefficient (Wildman–Crippen LogP) is 1.07. The molecule has 2 N–H and O–H groups in total. The molecule has 8 heteroatoms. The minimum Gasteiger partial charge on any atom is -0.396 e. The van der Waals surface area contributed by atoms with Crippen LogP contribution < -0.4 is 5.32 Å². The number of nitrogens with one attached hydrogen (secondary N) is 1. The molecule has 15 heavy (non-hydrogen) atoms. The number of hydrogen-bond donors (Lipinski definition) is 2. The molecular weight excluding hydrogens is 225 g/mol. The summed E-state index contributed by atoms with van der Waals surface area (Å²) < 4.78 is 59.3. The van der Waals surface area contributed by atoms with Gasteiger partial charge in [-0.1, -0.05) is 0 Å². The molecule has 0 unspecified atom stereocenters. The zero-order chi connectivity index (χ0) is 12.1. The van der Waals surface area contributed by atoms with Gasteiger partial charge in [0.15, 0.2) is 0 Å². The third-order valence-electron chi connectivity index (χ3n) is 1.51. The average molecular weight is 235 g/mol. The normalized spacial score (nSPS) is 12.7. The number of halogens is 5. The lowest BCUT2D eigenvalue weighted by Crippen LogP contribution is -2.50. The Balaban J connectivity index is 4.10. The molecule has 0 aliphatic rings. The van der Waals surface area contributed by atoms with Crippen molar-refractivity contribution in [3.63, 3.8) is 0 Å². The molecule has 0 spiro atoms. The van der Waals surface area contributed by atoms with E-state index in [1.54, 1.807) is 0 Å². The Hall–Kier alpha value is -0.920. The Labute approximate surface area is 82.3 Å². The van der Waals surface area contributed by atoms with Gasteiger partial charge in [0.25, 0.3) is 5.91 Å². The molecule has 0 aliphatic carbocycles. The molecule has 0 fully saturated rings. The van der Waals surface area contributed by atoms with Crippen LogP contribution >= 0.6 is 0 Å². The van der Waals surface area contributed by atoms with Crippen LogP contribution in [0.1, 0.15) is 12.8 Å². The maximum Gasteiger partial charge on any atom is 0.463 e. The van der Waals surface area contributed by atoms with Crippen molar-refractivity contribution in [1.29, 1.82) is 0 Å². The van der Waals surface area contributed by atoms with E-state index in [9.17, 15) is 26.7 Å². The third kappa shape index (κ3) is 3.98. The van der Waals surface area contributed by atoms with Crippen molar-refractivity contribution in [2.45, 2.75) is 24.9 Å². The first-order chi connectivity index (χ1) is 6.73. The van der Waals surface area contributed by atoms with Gasteiger partial charge in [-0.05, 0) is 12.8 Å². The minimum atomic E-state index is -5.88. The van der Waals surface area contributed by atoms with Crippen molar-refractivity contribution in [3.8, 4) is 0 Å². The molecule has 0 aliphatic heterocycles. The van der Waals surface area contributed by atoms with Crippen molar-refractivity contribution in [2.75, 3.05) is 13.2 Å². The molecule has 0 bridgehead atoms. The summed E-state index contributed by atoms with van der Waals surface area (Å²) in [5.74, 6) is -7.74. The molecule has 0 saturated carbocycles. The molecule has 3 nitrogen and oxygen atoms in total. The fourth-order valence-corrected chi connectivity index (χ4v) is 0.678. The van der Waals surface area contributed by atoms with Crippen LogP contribution in [0.3, 0.4) is 0 Å². The largest absolute Gasteiger partial charge is 0.463 e. The van der Waals surface area contributed by atoms with Crippen LogP contribution in [0.15, 0.2) is 0 Å². The zero-order valence-corrected chi connectivity index (χ0v) is 7.57. The maximum absolute atomic E-state index is 12.2. The summed E-state index contributed by atoms with van der Waals surface area (Å²) in [7, 11) is 0. The van der Waals surface area contributed by atoms with Crippen LogP contribution in [0.2, 0.25) is 0 Å². The summed E-state index contributed by atoms with van der Waals surface area (Å²) in [6, 6.07) is 0. The molecule has 0 atom stereocenters. The van der Waals surface area contributed by atoms with Gasteiger partial charge in [0, 0.05) is 13.2 Å². The molecule has 0 heterocycles. The number of unbranched alkanes of at least 4 members (excludes halogenated alkanes) is 1. The number of amides is 1. The summed E-state index contributed by atoms with van der Waals surface area (Å²) in [5, 5.41) is 9.72. The Morgan fingerprint density at radius 2 is 1.67 bits per heavy atom. The van der Waals surface area contributed by atoms with Crippen LogP contribution in [-0.2, 0) is 4.79 Å². The van der Waals surface area contributed by atoms with Gasteiger partial charge < -0.3 is 10.4 Å². The van der Waals surface area contributed by atoms with Gasteiger partial charge in [-0.15, -0.1) is 0 Å². The monoisotopic (exact) mass is 235 g/mol. The molecule has 0 radical (unpaired) electrons. The van der Waals surface area contributed by atoms with E-state index in [1.165, 1.54) is 5.32 Å². The average Bonchev–Trinajstić information content (AvgIpc) is 2.10. The molecule has 0 aromatic heterocycles. The number of alkyl halides is 5. The van der Waals surface area contributed by atoms with Gasteiger partial charge in [0.1, 0.15) is 0 Å². The number of carbonyl (C=O) groups excluding carboxylic acids is 1. The molecule has 90 valence electrons. The van der Waals surface area contributed by atoms with E-state index in [0.717, 1.165) is 0 Å². The van der Waals surface area contributed by atoms with Crippen LogP contribution in [0.25, 0.3) is 0 Å². The second-order valence-electron chi connectivity index (χ2n) is 2.76. The van der Waals surface area contributed by atoms with E-state index in [4.69, 9.17) is 5.11 Å². The maximum atomic E-state index is 12.2. The van der Waals surface area contributed by atoms with Gasteiger partial charge in [-0.2, -0.15) is 22.0 Å². The van der Waals surface area contributed by atoms with E-state index < -0.39 is 18.0 Å². The van der Waals surface area contributed by atoms with Crippen molar-refractivity contribution >= 4 is 5.91 Å². The zero-order valence-electron chi connectivity index (χ0n) is 7.57. The highest BCUT2D eigenvalue weighted by Gasteiger charge is 2.63. The van der Waals surface area contributed by atoms with Gasteiger partial charge in [-0.3, -0.25) is 4.79 Å². The molecule has 0 aromatic carbocycles. The number of rotatable bonds is 5. The number of carbonyl (C=O) groups is 1. The van der Waals surface area contributed by atoms with E-state index in [2.05, 4.69) is 0 Å². The lowest BCUT2D eigenvalue weighted by molar-refractivity contribution is -0.269. The Kier molecular flexibility index (Phi) is 4.92. The quantitative estimate of drug-likeness (QED) is 0.553. The highest BCUT2D eigenvalue weighted by atomic mass is 19.4. The molecule has 1 amide bonds. The summed E-state index contributed by atoms with van der Waals surface area (Å²) in [6.07, 6.45) is -5.53. The minimum absolute atomic E-state index is 0.135. The number of aliphatic hydroxyl groups excluding tert-OH is 1. The van der Waals surface area contributed by atoms with Crippen molar-refractivity contribution in [2.24, 2.45) is 0 Å². The predicted molar refractivity (Wildman–Crippen MR) is 40.3 cm³/mol. The molecule has 0 rings (SSSR count). The molecular formula is C7H10F5NO2. The third-order valence-corrected chi connectivity index (χ3v) is 1.51. The Morgan fingerprint density at radius 1 is 1.13 bits per heavy atom. The Bertz CT molecular complexity index is 216. The van der Waals surface area contributed by atoms with Crippen molar-refractivity contribution in [1.82, 2.24) is 5.32 Å². The lowest BCUT2D eigenvalue weighted by Gasteiger charge is -2.18. The molecule has 0 saturated heterocycles. The van der Waals surface area contributed by atoms with Crippen molar-refractivity contribution < 1.29 is 31.9 Å².